The van der Waals surface area contributed by atoms with Gasteiger partial charge in [-0.05, 0) is 43.2 Å². The van der Waals surface area contributed by atoms with Crippen molar-refractivity contribution in [3.63, 3.8) is 0 Å². The molecule has 1 aromatic heterocycles. The molecule has 0 atom stereocenters. The van der Waals surface area contributed by atoms with Crippen LogP contribution < -0.4 is 5.32 Å². The van der Waals surface area contributed by atoms with Crippen LogP contribution in [0.15, 0.2) is 29.7 Å². The first kappa shape index (κ1) is 14.9. The topological polar surface area (TPSA) is 79.3 Å². The van der Waals surface area contributed by atoms with Crippen molar-refractivity contribution in [3.8, 4) is 0 Å². The predicted molar refractivity (Wildman–Crippen MR) is 82.7 cm³/mol. The van der Waals surface area contributed by atoms with Crippen LogP contribution in [0, 0.1) is 13.8 Å². The van der Waals surface area contributed by atoms with Crippen molar-refractivity contribution in [1.29, 1.82) is 0 Å². The van der Waals surface area contributed by atoms with Gasteiger partial charge in [0.05, 0.1) is 5.01 Å². The van der Waals surface area contributed by atoms with Gasteiger partial charge in [-0.1, -0.05) is 6.07 Å². The van der Waals surface area contributed by atoms with Crippen molar-refractivity contribution in [2.24, 2.45) is 0 Å². The Balaban J connectivity index is 2.20. The monoisotopic (exact) mass is 302 g/mol. The van der Waals surface area contributed by atoms with Gasteiger partial charge in [-0.15, -0.1) is 11.3 Å². The van der Waals surface area contributed by atoms with Gasteiger partial charge in [0, 0.05) is 17.1 Å². The van der Waals surface area contributed by atoms with Crippen LogP contribution >= 0.6 is 11.3 Å². The first-order valence-corrected chi connectivity index (χ1v) is 7.08. The van der Waals surface area contributed by atoms with Crippen LogP contribution in [0.1, 0.15) is 26.6 Å². The normalized spacial score (nSPS) is 10.8. The number of anilines is 1. The molecule has 1 amide bonds. The van der Waals surface area contributed by atoms with Crippen molar-refractivity contribution < 1.29 is 14.7 Å². The standard InChI is InChI=1S/C15H14N2O3S/c1-9-5-11(3-4-14(18)19)7-12(6-9)17-15(20)13-8-21-10(2)16-13/h3-8H,1-2H3,(H,17,20)(H,18,19)/b4-3+. The zero-order valence-corrected chi connectivity index (χ0v) is 12.4. The molecule has 0 spiro atoms. The Hall–Kier alpha value is -2.47. The quantitative estimate of drug-likeness (QED) is 0.850. The van der Waals surface area contributed by atoms with Gasteiger partial charge in [-0.3, -0.25) is 4.79 Å². The van der Waals surface area contributed by atoms with E-state index in [0.717, 1.165) is 16.6 Å². The molecule has 0 saturated carbocycles. The molecule has 0 aliphatic heterocycles. The highest BCUT2D eigenvalue weighted by molar-refractivity contribution is 7.09. The Morgan fingerprint density at radius 3 is 2.67 bits per heavy atom. The first-order valence-electron chi connectivity index (χ1n) is 6.20. The molecule has 2 rings (SSSR count). The van der Waals surface area contributed by atoms with E-state index in [4.69, 9.17) is 5.11 Å². The van der Waals surface area contributed by atoms with Crippen LogP contribution in [0.4, 0.5) is 5.69 Å². The molecule has 0 bridgehead atoms. The molecule has 2 N–H and O–H groups in total. The average Bonchev–Trinajstić information content (AvgIpc) is 2.82. The average molecular weight is 302 g/mol. The summed E-state index contributed by atoms with van der Waals surface area (Å²) in [6, 6.07) is 5.36. The summed E-state index contributed by atoms with van der Waals surface area (Å²) in [5.74, 6) is -1.29. The van der Waals surface area contributed by atoms with E-state index >= 15 is 0 Å². The van der Waals surface area contributed by atoms with Crippen molar-refractivity contribution in [2.45, 2.75) is 13.8 Å². The van der Waals surface area contributed by atoms with E-state index in [-0.39, 0.29) is 5.91 Å². The highest BCUT2D eigenvalue weighted by Crippen LogP contribution is 2.17. The minimum atomic E-state index is -1.01. The van der Waals surface area contributed by atoms with Gasteiger partial charge in [0.2, 0.25) is 0 Å². The lowest BCUT2D eigenvalue weighted by Crippen LogP contribution is -2.12. The smallest absolute Gasteiger partial charge is 0.328 e. The van der Waals surface area contributed by atoms with Crippen molar-refractivity contribution in [1.82, 2.24) is 4.98 Å². The number of aryl methyl sites for hydroxylation is 2. The molecule has 108 valence electrons. The lowest BCUT2D eigenvalue weighted by atomic mass is 10.1. The number of carbonyl (C=O) groups excluding carboxylic acids is 1. The van der Waals surface area contributed by atoms with Gasteiger partial charge in [-0.25, -0.2) is 9.78 Å². The summed E-state index contributed by atoms with van der Waals surface area (Å²) >= 11 is 1.41. The molecule has 2 aromatic rings. The third kappa shape index (κ3) is 4.25. The van der Waals surface area contributed by atoms with E-state index in [1.54, 1.807) is 11.4 Å². The zero-order valence-electron chi connectivity index (χ0n) is 11.6. The zero-order chi connectivity index (χ0) is 15.4. The number of nitrogens with one attached hydrogen (secondary N) is 1. The van der Waals surface area contributed by atoms with Gasteiger partial charge in [-0.2, -0.15) is 0 Å². The summed E-state index contributed by atoms with van der Waals surface area (Å²) in [6.07, 6.45) is 2.54. The second-order valence-electron chi connectivity index (χ2n) is 4.51. The molecule has 0 saturated heterocycles. The van der Waals surface area contributed by atoms with E-state index in [2.05, 4.69) is 10.3 Å². The number of aromatic nitrogens is 1. The third-order valence-corrected chi connectivity index (χ3v) is 3.40. The molecule has 1 heterocycles. The van der Waals surface area contributed by atoms with E-state index in [1.807, 2.05) is 26.0 Å². The van der Waals surface area contributed by atoms with E-state index in [9.17, 15) is 9.59 Å². The van der Waals surface area contributed by atoms with Crippen molar-refractivity contribution >= 4 is 35.0 Å². The van der Waals surface area contributed by atoms with Crippen LogP contribution in [0.2, 0.25) is 0 Å². The number of hydrogen-bond acceptors (Lipinski definition) is 4. The fraction of sp³-hybridized carbons (Fsp3) is 0.133. The molecule has 21 heavy (non-hydrogen) atoms. The van der Waals surface area contributed by atoms with Crippen molar-refractivity contribution in [2.75, 3.05) is 5.32 Å². The fourth-order valence-corrected chi connectivity index (χ4v) is 2.40. The van der Waals surface area contributed by atoms with E-state index in [1.165, 1.54) is 17.4 Å². The number of benzene rings is 1. The number of carboxylic acid groups (broad SMARTS) is 1. The number of amides is 1. The Labute approximate surface area is 126 Å². The van der Waals surface area contributed by atoms with Crippen LogP contribution in [-0.2, 0) is 4.79 Å². The summed E-state index contributed by atoms with van der Waals surface area (Å²) < 4.78 is 0. The molecule has 0 aliphatic carbocycles. The minimum absolute atomic E-state index is 0.280. The number of aliphatic carboxylic acids is 1. The molecule has 0 unspecified atom stereocenters. The largest absolute Gasteiger partial charge is 0.478 e. The van der Waals surface area contributed by atoms with Crippen LogP contribution in [0.25, 0.3) is 6.08 Å². The molecular weight excluding hydrogens is 288 g/mol. The minimum Gasteiger partial charge on any atom is -0.478 e. The highest BCUT2D eigenvalue weighted by atomic mass is 32.1. The number of hydrogen-bond donors (Lipinski definition) is 2. The van der Waals surface area contributed by atoms with Gasteiger partial charge >= 0.3 is 5.97 Å². The molecular formula is C15H14N2O3S. The molecule has 5 nitrogen and oxygen atoms in total. The summed E-state index contributed by atoms with van der Waals surface area (Å²) in [5.41, 5.74) is 2.62. The molecule has 1 aromatic carbocycles. The van der Waals surface area contributed by atoms with E-state index < -0.39 is 5.97 Å². The maximum absolute atomic E-state index is 12.0. The third-order valence-electron chi connectivity index (χ3n) is 2.63. The lowest BCUT2D eigenvalue weighted by Gasteiger charge is -2.06. The van der Waals surface area contributed by atoms with Gasteiger partial charge in [0.15, 0.2) is 0 Å². The van der Waals surface area contributed by atoms with Crippen LogP contribution in [-0.4, -0.2) is 22.0 Å². The Morgan fingerprint density at radius 1 is 1.29 bits per heavy atom. The first-order chi connectivity index (χ1) is 9.94. The molecule has 0 fully saturated rings. The number of carboxylic acids is 1. The maximum Gasteiger partial charge on any atom is 0.328 e. The number of thiazole rings is 1. The molecule has 0 aliphatic rings. The maximum atomic E-state index is 12.0. The highest BCUT2D eigenvalue weighted by Gasteiger charge is 2.10. The SMILES string of the molecule is Cc1cc(/C=C/C(=O)O)cc(NC(=O)c2csc(C)n2)c1. The van der Waals surface area contributed by atoms with Crippen LogP contribution in [0.5, 0.6) is 0 Å². The second kappa shape index (κ2) is 6.32. The molecule has 6 heteroatoms. The lowest BCUT2D eigenvalue weighted by molar-refractivity contribution is -0.131. The fourth-order valence-electron chi connectivity index (χ4n) is 1.81. The van der Waals surface area contributed by atoms with Crippen molar-refractivity contribution in [3.05, 3.63) is 51.5 Å². The van der Waals surface area contributed by atoms with Gasteiger partial charge in [0.1, 0.15) is 5.69 Å². The summed E-state index contributed by atoms with van der Waals surface area (Å²) in [5, 5.41) is 13.9. The summed E-state index contributed by atoms with van der Waals surface area (Å²) in [4.78, 5) is 26.7. The number of nitrogens with zero attached hydrogens (tertiary/aromatic N) is 1. The Morgan fingerprint density at radius 2 is 2.05 bits per heavy atom. The Kier molecular flexibility index (Phi) is 4.49. The van der Waals surface area contributed by atoms with Crippen LogP contribution in [0.3, 0.4) is 0 Å². The van der Waals surface area contributed by atoms with Gasteiger partial charge < -0.3 is 10.4 Å². The van der Waals surface area contributed by atoms with Gasteiger partial charge in [0.25, 0.3) is 5.91 Å². The number of rotatable bonds is 4. The Bertz CT molecular complexity index is 719. The summed E-state index contributed by atoms with van der Waals surface area (Å²) in [7, 11) is 0. The van der Waals surface area contributed by atoms with E-state index in [0.29, 0.717) is 16.9 Å². The second-order valence-corrected chi connectivity index (χ2v) is 5.57. The molecule has 0 radical (unpaired) electrons. The predicted octanol–water partition coefficient (Wildman–Crippen LogP) is 3.11. The summed E-state index contributed by atoms with van der Waals surface area (Å²) in [6.45, 7) is 3.71. The number of carbonyl (C=O) groups is 2.